The van der Waals surface area contributed by atoms with E-state index in [1.54, 1.807) is 11.3 Å². The molecule has 4 rings (SSSR count). The maximum atomic E-state index is 10.6. The molecule has 8 nitrogen and oxygen atoms in total. The van der Waals surface area contributed by atoms with Crippen molar-refractivity contribution >= 4 is 34.6 Å². The maximum Gasteiger partial charge on any atom is 0.490 e. The number of carboxylic acid groups (broad SMARTS) is 2. The highest BCUT2D eigenvalue weighted by Gasteiger charge is 2.41. The van der Waals surface area contributed by atoms with Gasteiger partial charge in [0.25, 0.3) is 0 Å². The number of nitrogens with zero attached hydrogens (tertiary/aromatic N) is 3. The molecule has 2 aliphatic rings. The number of halogens is 6. The number of hydrogen-bond acceptors (Lipinski definition) is 8. The zero-order chi connectivity index (χ0) is 28.6. The third-order valence-corrected chi connectivity index (χ3v) is 7.29. The molecule has 0 aliphatic carbocycles. The summed E-state index contributed by atoms with van der Waals surface area (Å²) < 4.78 is 69.5. The summed E-state index contributed by atoms with van der Waals surface area (Å²) in [6, 6.07) is 4.51. The smallest absolute Gasteiger partial charge is 0.475 e. The lowest BCUT2D eigenvalue weighted by Gasteiger charge is -2.31. The van der Waals surface area contributed by atoms with Crippen molar-refractivity contribution in [3.05, 3.63) is 38.5 Å². The van der Waals surface area contributed by atoms with Crippen molar-refractivity contribution in [2.24, 2.45) is 5.41 Å². The fourth-order valence-electron chi connectivity index (χ4n) is 3.94. The van der Waals surface area contributed by atoms with E-state index in [4.69, 9.17) is 24.5 Å². The summed E-state index contributed by atoms with van der Waals surface area (Å²) in [6.45, 7) is 10.5. The number of thiazole rings is 1. The molecule has 1 atom stereocenters. The van der Waals surface area contributed by atoms with Gasteiger partial charge in [0.2, 0.25) is 0 Å². The molecule has 2 saturated heterocycles. The summed E-state index contributed by atoms with van der Waals surface area (Å²) in [5.74, 6) is -5.51. The van der Waals surface area contributed by atoms with Crippen LogP contribution in [0.4, 0.5) is 26.3 Å². The summed E-state index contributed by atoms with van der Waals surface area (Å²) in [7, 11) is 0. The minimum absolute atomic E-state index is 0.292. The molecule has 2 fully saturated rings. The van der Waals surface area contributed by atoms with Crippen LogP contribution < -0.4 is 0 Å². The Hall–Kier alpha value is -2.27. The van der Waals surface area contributed by atoms with Crippen LogP contribution >= 0.6 is 22.7 Å². The van der Waals surface area contributed by atoms with Gasteiger partial charge in [0.1, 0.15) is 5.01 Å². The maximum absolute atomic E-state index is 10.6. The van der Waals surface area contributed by atoms with E-state index in [0.29, 0.717) is 5.41 Å². The Morgan fingerprint density at radius 3 is 2.08 bits per heavy atom. The van der Waals surface area contributed by atoms with E-state index in [9.17, 15) is 26.3 Å². The van der Waals surface area contributed by atoms with Gasteiger partial charge in [-0.25, -0.2) is 14.6 Å². The predicted molar refractivity (Wildman–Crippen MR) is 127 cm³/mol. The number of aliphatic carboxylic acids is 2. The van der Waals surface area contributed by atoms with Gasteiger partial charge in [0.05, 0.1) is 19.8 Å². The molecule has 2 aromatic rings. The topological polar surface area (TPSA) is 103 Å². The van der Waals surface area contributed by atoms with Crippen LogP contribution in [0.5, 0.6) is 0 Å². The largest absolute Gasteiger partial charge is 0.490 e. The van der Waals surface area contributed by atoms with Crippen LogP contribution in [-0.2, 0) is 27.4 Å². The molecular weight excluding hydrogens is 564 g/mol. The molecule has 2 N–H and O–H groups in total. The third kappa shape index (κ3) is 10.8. The SMILES string of the molecule is Cc1ccc(CN2CCOCC3(CCN(Cc4nccs4)C3)C2)s1.O=C(O)C(F)(F)F.O=C(O)C(F)(F)F. The molecule has 38 heavy (non-hydrogen) atoms. The van der Waals surface area contributed by atoms with Gasteiger partial charge in [-0.1, -0.05) is 0 Å². The first-order chi connectivity index (χ1) is 17.6. The molecular formula is C22H27F6N3O5S2. The number of hydrogen-bond donors (Lipinski definition) is 2. The first kappa shape index (κ1) is 31.9. The normalized spacial score (nSPS) is 20.7. The van der Waals surface area contributed by atoms with Gasteiger partial charge in [-0.05, 0) is 32.0 Å². The quantitative estimate of drug-likeness (QED) is 0.501. The zero-order valence-electron chi connectivity index (χ0n) is 20.2. The van der Waals surface area contributed by atoms with Gasteiger partial charge in [0.15, 0.2) is 0 Å². The molecule has 1 unspecified atom stereocenters. The Morgan fingerprint density at radius 1 is 1.03 bits per heavy atom. The second kappa shape index (κ2) is 13.7. The monoisotopic (exact) mass is 591 g/mol. The van der Waals surface area contributed by atoms with Crippen molar-refractivity contribution in [2.45, 2.75) is 38.8 Å². The predicted octanol–water partition coefficient (Wildman–Crippen LogP) is 4.50. The van der Waals surface area contributed by atoms with Crippen LogP contribution in [0.1, 0.15) is 21.2 Å². The lowest BCUT2D eigenvalue weighted by atomic mass is 9.87. The highest BCUT2D eigenvalue weighted by atomic mass is 32.1. The van der Waals surface area contributed by atoms with Crippen molar-refractivity contribution in [1.29, 1.82) is 0 Å². The number of carboxylic acids is 2. The first-order valence-corrected chi connectivity index (χ1v) is 12.9. The average molecular weight is 592 g/mol. The summed E-state index contributed by atoms with van der Waals surface area (Å²) in [6.07, 6.45) is -7.02. The van der Waals surface area contributed by atoms with Gasteiger partial charge in [-0.15, -0.1) is 22.7 Å². The lowest BCUT2D eigenvalue weighted by Crippen LogP contribution is -2.40. The van der Waals surface area contributed by atoms with Crippen molar-refractivity contribution in [2.75, 3.05) is 39.4 Å². The number of likely N-dealkylation sites (tertiary alicyclic amines) is 1. The Balaban J connectivity index is 0.000000301. The number of carbonyl (C=O) groups is 2. The second-order valence-electron chi connectivity index (χ2n) is 8.77. The van der Waals surface area contributed by atoms with Crippen LogP contribution in [0, 0.1) is 12.3 Å². The summed E-state index contributed by atoms with van der Waals surface area (Å²) in [5.41, 5.74) is 0.292. The van der Waals surface area contributed by atoms with Gasteiger partial charge >= 0.3 is 24.3 Å². The summed E-state index contributed by atoms with van der Waals surface area (Å²) in [4.78, 5) is 30.3. The van der Waals surface area contributed by atoms with E-state index in [1.165, 1.54) is 21.2 Å². The highest BCUT2D eigenvalue weighted by Crippen LogP contribution is 2.35. The molecule has 0 amide bonds. The van der Waals surface area contributed by atoms with Gasteiger partial charge in [-0.2, -0.15) is 26.3 Å². The van der Waals surface area contributed by atoms with Gasteiger partial charge < -0.3 is 14.9 Å². The summed E-state index contributed by atoms with van der Waals surface area (Å²) >= 11 is 3.68. The Bertz CT molecular complexity index is 1010. The first-order valence-electron chi connectivity index (χ1n) is 11.2. The Morgan fingerprint density at radius 2 is 1.61 bits per heavy atom. The number of aromatic nitrogens is 1. The molecule has 16 heteroatoms. The molecule has 1 spiro atoms. The van der Waals surface area contributed by atoms with E-state index in [0.717, 1.165) is 52.5 Å². The van der Waals surface area contributed by atoms with E-state index < -0.39 is 24.3 Å². The fraction of sp³-hybridized carbons (Fsp3) is 0.591. The van der Waals surface area contributed by atoms with Gasteiger partial charge in [-0.3, -0.25) is 9.80 Å². The minimum Gasteiger partial charge on any atom is -0.475 e. The van der Waals surface area contributed by atoms with Crippen molar-refractivity contribution in [3.63, 3.8) is 0 Å². The van der Waals surface area contributed by atoms with Crippen molar-refractivity contribution in [1.82, 2.24) is 14.8 Å². The van der Waals surface area contributed by atoms with Crippen LogP contribution in [0.2, 0.25) is 0 Å². The number of alkyl halides is 6. The van der Waals surface area contributed by atoms with Crippen molar-refractivity contribution in [3.8, 4) is 0 Å². The third-order valence-electron chi connectivity index (χ3n) is 5.54. The lowest BCUT2D eigenvalue weighted by molar-refractivity contribution is -0.193. The minimum atomic E-state index is -5.08. The second-order valence-corrected chi connectivity index (χ2v) is 11.1. The van der Waals surface area contributed by atoms with E-state index in [-0.39, 0.29) is 0 Å². The fourth-order valence-corrected chi connectivity index (χ4v) is 5.53. The number of aryl methyl sites for hydroxylation is 1. The highest BCUT2D eigenvalue weighted by molar-refractivity contribution is 7.11. The average Bonchev–Trinajstić information content (AvgIpc) is 3.51. The van der Waals surface area contributed by atoms with Crippen LogP contribution in [0.25, 0.3) is 0 Å². The van der Waals surface area contributed by atoms with Crippen LogP contribution in [0.3, 0.4) is 0 Å². The molecule has 0 saturated carbocycles. The van der Waals surface area contributed by atoms with E-state index in [1.807, 2.05) is 17.5 Å². The van der Waals surface area contributed by atoms with E-state index in [2.05, 4.69) is 39.2 Å². The molecule has 2 aromatic heterocycles. The zero-order valence-corrected chi connectivity index (χ0v) is 21.9. The molecule has 4 heterocycles. The van der Waals surface area contributed by atoms with Crippen LogP contribution in [0.15, 0.2) is 23.7 Å². The molecule has 0 bridgehead atoms. The Labute approximate surface area is 222 Å². The van der Waals surface area contributed by atoms with Gasteiger partial charge in [0, 0.05) is 52.9 Å². The molecule has 0 aromatic carbocycles. The molecule has 214 valence electrons. The Kier molecular flexibility index (Phi) is 11.5. The number of ether oxygens (including phenoxy) is 1. The summed E-state index contributed by atoms with van der Waals surface area (Å²) in [5, 5.41) is 17.5. The molecule has 0 radical (unpaired) electrons. The standard InChI is InChI=1S/C18H25N3OS2.2C2HF3O2/c1-15-2-3-16(24-15)10-21-7-8-22-14-18(13-21)4-6-20(12-18)11-17-19-5-9-23-17;2*3-2(4,5)1(6)7/h2-3,5,9H,4,6-8,10-14H2,1H3;2*(H,6,7). The molecule has 2 aliphatic heterocycles. The number of rotatable bonds is 4. The number of thiophene rings is 1. The van der Waals surface area contributed by atoms with Crippen LogP contribution in [-0.4, -0.2) is 88.7 Å². The van der Waals surface area contributed by atoms with Crippen molar-refractivity contribution < 1.29 is 50.9 Å². The van der Waals surface area contributed by atoms with E-state index >= 15 is 0 Å².